The number of hydrogen-bond donors (Lipinski definition) is 2. The molecule has 0 atom stereocenters. The summed E-state index contributed by atoms with van der Waals surface area (Å²) in [5.74, 6) is 0.412. The fourth-order valence-electron chi connectivity index (χ4n) is 1.60. The Labute approximate surface area is 109 Å². The van der Waals surface area contributed by atoms with Crippen LogP contribution in [0.4, 0.5) is 11.4 Å². The topological polar surface area (TPSA) is 64.3 Å². The molecule has 1 heterocycles. The van der Waals surface area contributed by atoms with Crippen LogP contribution < -0.4 is 15.8 Å². The van der Waals surface area contributed by atoms with E-state index in [9.17, 15) is 4.79 Å². The molecule has 5 heteroatoms. The second-order valence-electron chi connectivity index (χ2n) is 3.86. The summed E-state index contributed by atoms with van der Waals surface area (Å²) >= 11 is 1.32. The minimum absolute atomic E-state index is 0.216. The van der Waals surface area contributed by atoms with Crippen molar-refractivity contribution in [2.45, 2.75) is 6.92 Å². The molecule has 18 heavy (non-hydrogen) atoms. The first-order valence-corrected chi connectivity index (χ1v) is 6.28. The van der Waals surface area contributed by atoms with Crippen LogP contribution in [0.25, 0.3) is 0 Å². The standard InChI is InChI=1S/C13H14N2O2S/c1-8-3-4-11(17-2)10(7-8)15-13(16)12-9(14)5-6-18-12/h3-7H,14H2,1-2H3,(H,15,16). The van der Waals surface area contributed by atoms with Crippen LogP contribution in [0.2, 0.25) is 0 Å². The lowest BCUT2D eigenvalue weighted by Gasteiger charge is -2.10. The number of methoxy groups -OCH3 is 1. The van der Waals surface area contributed by atoms with Gasteiger partial charge in [-0.3, -0.25) is 4.79 Å². The summed E-state index contributed by atoms with van der Waals surface area (Å²) in [6.07, 6.45) is 0. The Morgan fingerprint density at radius 1 is 1.39 bits per heavy atom. The lowest BCUT2D eigenvalue weighted by atomic mass is 10.2. The van der Waals surface area contributed by atoms with Gasteiger partial charge < -0.3 is 15.8 Å². The number of ether oxygens (including phenoxy) is 1. The van der Waals surface area contributed by atoms with Gasteiger partial charge in [0.1, 0.15) is 10.6 Å². The Hall–Kier alpha value is -2.01. The predicted octanol–water partition coefficient (Wildman–Crippen LogP) is 2.90. The molecule has 2 aromatic rings. The SMILES string of the molecule is COc1ccc(C)cc1NC(=O)c1sccc1N. The molecular weight excluding hydrogens is 248 g/mol. The third-order valence-corrected chi connectivity index (χ3v) is 3.43. The Bertz CT molecular complexity index is 578. The summed E-state index contributed by atoms with van der Waals surface area (Å²) in [5, 5.41) is 4.60. The van der Waals surface area contributed by atoms with E-state index in [0.717, 1.165) is 5.56 Å². The lowest BCUT2D eigenvalue weighted by Crippen LogP contribution is -2.12. The molecular formula is C13H14N2O2S. The highest BCUT2D eigenvalue weighted by Gasteiger charge is 2.13. The van der Waals surface area contributed by atoms with Crippen LogP contribution in [-0.2, 0) is 0 Å². The average molecular weight is 262 g/mol. The van der Waals surface area contributed by atoms with Crippen LogP contribution >= 0.6 is 11.3 Å². The highest BCUT2D eigenvalue weighted by molar-refractivity contribution is 7.12. The molecule has 4 nitrogen and oxygen atoms in total. The van der Waals surface area contributed by atoms with Crippen molar-refractivity contribution in [2.75, 3.05) is 18.2 Å². The summed E-state index contributed by atoms with van der Waals surface area (Å²) in [7, 11) is 1.57. The fraction of sp³-hybridized carbons (Fsp3) is 0.154. The summed E-state index contributed by atoms with van der Waals surface area (Å²) in [6.45, 7) is 1.95. The van der Waals surface area contributed by atoms with Crippen molar-refractivity contribution in [3.63, 3.8) is 0 Å². The zero-order chi connectivity index (χ0) is 13.1. The Morgan fingerprint density at radius 2 is 2.17 bits per heavy atom. The molecule has 0 fully saturated rings. The van der Waals surface area contributed by atoms with Crippen LogP contribution in [0.3, 0.4) is 0 Å². The molecule has 0 aliphatic carbocycles. The molecule has 0 bridgehead atoms. The zero-order valence-electron chi connectivity index (χ0n) is 10.2. The number of amides is 1. The van der Waals surface area contributed by atoms with E-state index in [1.54, 1.807) is 18.6 Å². The number of anilines is 2. The van der Waals surface area contributed by atoms with Crippen molar-refractivity contribution in [3.05, 3.63) is 40.1 Å². The number of rotatable bonds is 3. The van der Waals surface area contributed by atoms with E-state index in [0.29, 0.717) is 22.0 Å². The quantitative estimate of drug-likeness (QED) is 0.894. The number of nitrogen functional groups attached to an aromatic ring is 1. The number of thiophene rings is 1. The smallest absolute Gasteiger partial charge is 0.267 e. The maximum Gasteiger partial charge on any atom is 0.267 e. The number of hydrogen-bond acceptors (Lipinski definition) is 4. The van der Waals surface area contributed by atoms with Gasteiger partial charge in [0.2, 0.25) is 0 Å². The van der Waals surface area contributed by atoms with Gasteiger partial charge in [0.05, 0.1) is 18.5 Å². The van der Waals surface area contributed by atoms with Gasteiger partial charge in [-0.15, -0.1) is 11.3 Å². The third kappa shape index (κ3) is 2.46. The first kappa shape index (κ1) is 12.4. The van der Waals surface area contributed by atoms with Gasteiger partial charge in [-0.25, -0.2) is 0 Å². The second kappa shape index (κ2) is 5.10. The van der Waals surface area contributed by atoms with Crippen molar-refractivity contribution in [1.29, 1.82) is 0 Å². The maximum absolute atomic E-state index is 12.0. The minimum atomic E-state index is -0.216. The lowest BCUT2D eigenvalue weighted by molar-refractivity contribution is 0.103. The first-order chi connectivity index (χ1) is 8.61. The van der Waals surface area contributed by atoms with Crippen LogP contribution in [0.1, 0.15) is 15.2 Å². The Kier molecular flexibility index (Phi) is 3.53. The summed E-state index contributed by atoms with van der Waals surface area (Å²) in [6, 6.07) is 7.32. The van der Waals surface area contributed by atoms with E-state index in [1.165, 1.54) is 11.3 Å². The molecule has 1 aromatic carbocycles. The van der Waals surface area contributed by atoms with Crippen LogP contribution in [-0.4, -0.2) is 13.0 Å². The molecule has 94 valence electrons. The Balaban J connectivity index is 2.27. The molecule has 0 spiro atoms. The summed E-state index contributed by atoms with van der Waals surface area (Å²) in [4.78, 5) is 12.6. The highest BCUT2D eigenvalue weighted by atomic mass is 32.1. The van der Waals surface area contributed by atoms with Gasteiger partial charge in [-0.1, -0.05) is 6.07 Å². The Morgan fingerprint density at radius 3 is 2.78 bits per heavy atom. The van der Waals surface area contributed by atoms with E-state index in [4.69, 9.17) is 10.5 Å². The number of benzene rings is 1. The largest absolute Gasteiger partial charge is 0.495 e. The van der Waals surface area contributed by atoms with Gasteiger partial charge in [0, 0.05) is 0 Å². The number of carbonyl (C=O) groups excluding carboxylic acids is 1. The maximum atomic E-state index is 12.0. The van der Waals surface area contributed by atoms with Crippen molar-refractivity contribution in [1.82, 2.24) is 0 Å². The molecule has 1 amide bonds. The predicted molar refractivity (Wildman–Crippen MR) is 74.4 cm³/mol. The van der Waals surface area contributed by atoms with E-state index in [-0.39, 0.29) is 5.91 Å². The molecule has 2 rings (SSSR count). The third-order valence-electron chi connectivity index (χ3n) is 2.51. The molecule has 0 radical (unpaired) electrons. The van der Waals surface area contributed by atoms with E-state index < -0.39 is 0 Å². The van der Waals surface area contributed by atoms with Crippen molar-refractivity contribution in [3.8, 4) is 5.75 Å². The normalized spacial score (nSPS) is 10.1. The first-order valence-electron chi connectivity index (χ1n) is 5.41. The van der Waals surface area contributed by atoms with Crippen molar-refractivity contribution in [2.24, 2.45) is 0 Å². The average Bonchev–Trinajstić information content (AvgIpc) is 2.76. The zero-order valence-corrected chi connectivity index (χ0v) is 11.0. The van der Waals surface area contributed by atoms with Gasteiger partial charge in [0.15, 0.2) is 0 Å². The number of carbonyl (C=O) groups is 1. The van der Waals surface area contributed by atoms with Crippen molar-refractivity contribution < 1.29 is 9.53 Å². The van der Waals surface area contributed by atoms with Crippen molar-refractivity contribution >= 4 is 28.6 Å². The number of aryl methyl sites for hydroxylation is 1. The monoisotopic (exact) mass is 262 g/mol. The fourth-order valence-corrected chi connectivity index (χ4v) is 2.32. The van der Waals surface area contributed by atoms with E-state index in [2.05, 4.69) is 5.32 Å². The van der Waals surface area contributed by atoms with Gasteiger partial charge in [-0.05, 0) is 36.1 Å². The second-order valence-corrected chi connectivity index (χ2v) is 4.78. The van der Waals surface area contributed by atoms with Crippen LogP contribution in [0, 0.1) is 6.92 Å². The molecule has 0 aliphatic rings. The van der Waals surface area contributed by atoms with Gasteiger partial charge in [0.25, 0.3) is 5.91 Å². The van der Waals surface area contributed by atoms with E-state index in [1.807, 2.05) is 25.1 Å². The molecule has 3 N–H and O–H groups in total. The van der Waals surface area contributed by atoms with Gasteiger partial charge in [-0.2, -0.15) is 0 Å². The number of nitrogens with two attached hydrogens (primary N) is 1. The van der Waals surface area contributed by atoms with Crippen LogP contribution in [0.15, 0.2) is 29.6 Å². The van der Waals surface area contributed by atoms with Gasteiger partial charge >= 0.3 is 0 Å². The summed E-state index contributed by atoms with van der Waals surface area (Å²) in [5.41, 5.74) is 7.90. The minimum Gasteiger partial charge on any atom is -0.495 e. The molecule has 1 aromatic heterocycles. The molecule has 0 unspecified atom stereocenters. The molecule has 0 aliphatic heterocycles. The summed E-state index contributed by atoms with van der Waals surface area (Å²) < 4.78 is 5.21. The molecule has 0 saturated heterocycles. The van der Waals surface area contributed by atoms with E-state index >= 15 is 0 Å². The highest BCUT2D eigenvalue weighted by Crippen LogP contribution is 2.27. The number of nitrogens with one attached hydrogen (secondary N) is 1. The van der Waals surface area contributed by atoms with Crippen LogP contribution in [0.5, 0.6) is 5.75 Å². The molecule has 0 saturated carbocycles.